The summed E-state index contributed by atoms with van der Waals surface area (Å²) in [5, 5.41) is 10.9. The lowest BCUT2D eigenvalue weighted by Crippen LogP contribution is -2.48. The molecule has 0 saturated carbocycles. The fourth-order valence-electron chi connectivity index (χ4n) is 3.35. The number of ether oxygens (including phenoxy) is 1. The molecule has 1 fully saturated rings. The predicted molar refractivity (Wildman–Crippen MR) is 116 cm³/mol. The quantitative estimate of drug-likeness (QED) is 0.395. The molecule has 30 heavy (non-hydrogen) atoms. The lowest BCUT2D eigenvalue weighted by atomic mass is 10.1. The van der Waals surface area contributed by atoms with Crippen molar-refractivity contribution in [2.45, 2.75) is 20.3 Å². The molecule has 158 valence electrons. The maximum Gasteiger partial charge on any atom is 0.287 e. The van der Waals surface area contributed by atoms with Gasteiger partial charge in [0.1, 0.15) is 17.8 Å². The molecule has 0 bridgehead atoms. The van der Waals surface area contributed by atoms with E-state index >= 15 is 0 Å². The zero-order valence-electron chi connectivity index (χ0n) is 17.3. The Morgan fingerprint density at radius 2 is 2.00 bits per heavy atom. The second-order valence-corrected chi connectivity index (χ2v) is 7.12. The van der Waals surface area contributed by atoms with Crippen molar-refractivity contribution in [3.63, 3.8) is 0 Å². The van der Waals surface area contributed by atoms with E-state index in [0.29, 0.717) is 32.8 Å². The number of pyridine rings is 1. The molecule has 1 aromatic carbocycles. The Morgan fingerprint density at radius 3 is 2.67 bits per heavy atom. The van der Waals surface area contributed by atoms with Crippen LogP contribution in [0.2, 0.25) is 0 Å². The fourth-order valence-corrected chi connectivity index (χ4v) is 3.35. The third-order valence-electron chi connectivity index (χ3n) is 4.92. The Hall–Kier alpha value is -3.42. The minimum absolute atomic E-state index is 0.0154. The molecular formula is C22H26N4O4. The second kappa shape index (κ2) is 9.87. The molecule has 0 spiro atoms. The molecule has 1 aliphatic heterocycles. The number of para-hydroxylation sites is 1. The highest BCUT2D eigenvalue weighted by atomic mass is 16.6. The Morgan fingerprint density at radius 1 is 1.27 bits per heavy atom. The van der Waals surface area contributed by atoms with Gasteiger partial charge >= 0.3 is 0 Å². The number of nitrogens with zero attached hydrogens (tertiary/aromatic N) is 4. The number of piperazine rings is 1. The molecule has 2 heterocycles. The first-order valence-corrected chi connectivity index (χ1v) is 10.0. The first kappa shape index (κ1) is 21.3. The van der Waals surface area contributed by atoms with Crippen LogP contribution in [-0.2, 0) is 4.79 Å². The Labute approximate surface area is 175 Å². The highest BCUT2D eigenvalue weighted by molar-refractivity contribution is 5.92. The highest BCUT2D eigenvalue weighted by Gasteiger charge is 2.22. The van der Waals surface area contributed by atoms with Crippen molar-refractivity contribution in [3.05, 3.63) is 63.8 Å². The zero-order valence-corrected chi connectivity index (χ0v) is 17.3. The van der Waals surface area contributed by atoms with E-state index in [9.17, 15) is 14.9 Å². The normalized spacial score (nSPS) is 14.2. The summed E-state index contributed by atoms with van der Waals surface area (Å²) in [6.45, 7) is 6.88. The third kappa shape index (κ3) is 5.14. The monoisotopic (exact) mass is 410 g/mol. The van der Waals surface area contributed by atoms with Gasteiger partial charge in [-0.2, -0.15) is 0 Å². The SMILES string of the molecule is CCCOc1ccccc1/C=C/C(=O)N1CCN(c2ncc([N+](=O)[O-])cc2C)CC1. The van der Waals surface area contributed by atoms with E-state index in [1.54, 1.807) is 17.1 Å². The molecule has 3 rings (SSSR count). The maximum absolute atomic E-state index is 12.6. The van der Waals surface area contributed by atoms with Crippen molar-refractivity contribution >= 4 is 23.5 Å². The molecule has 0 N–H and O–H groups in total. The van der Waals surface area contributed by atoms with Crippen LogP contribution in [0.1, 0.15) is 24.5 Å². The molecule has 8 heteroatoms. The summed E-state index contributed by atoms with van der Waals surface area (Å²) in [4.78, 5) is 31.2. The van der Waals surface area contributed by atoms with Gasteiger partial charge in [0.2, 0.25) is 5.91 Å². The molecular weight excluding hydrogens is 384 g/mol. The van der Waals surface area contributed by atoms with Gasteiger partial charge in [-0.15, -0.1) is 0 Å². The molecule has 1 amide bonds. The van der Waals surface area contributed by atoms with Gasteiger partial charge in [0, 0.05) is 43.9 Å². The molecule has 8 nitrogen and oxygen atoms in total. The molecule has 0 radical (unpaired) electrons. The van der Waals surface area contributed by atoms with Gasteiger partial charge in [-0.3, -0.25) is 14.9 Å². The summed E-state index contributed by atoms with van der Waals surface area (Å²) in [5.41, 5.74) is 1.62. The van der Waals surface area contributed by atoms with Crippen LogP contribution in [0.15, 0.2) is 42.6 Å². The molecule has 0 unspecified atom stereocenters. The molecule has 1 saturated heterocycles. The number of hydrogen-bond donors (Lipinski definition) is 0. The van der Waals surface area contributed by atoms with Crippen LogP contribution in [-0.4, -0.2) is 53.5 Å². The molecule has 0 atom stereocenters. The number of amides is 1. The van der Waals surface area contributed by atoms with Crippen molar-refractivity contribution in [2.75, 3.05) is 37.7 Å². The van der Waals surface area contributed by atoms with Crippen molar-refractivity contribution in [2.24, 2.45) is 0 Å². The number of aromatic nitrogens is 1. The van der Waals surface area contributed by atoms with Gasteiger partial charge in [-0.25, -0.2) is 4.98 Å². The summed E-state index contributed by atoms with van der Waals surface area (Å²) >= 11 is 0. The summed E-state index contributed by atoms with van der Waals surface area (Å²) in [5.74, 6) is 1.45. The summed E-state index contributed by atoms with van der Waals surface area (Å²) in [6, 6.07) is 9.19. The van der Waals surface area contributed by atoms with Gasteiger partial charge in [0.15, 0.2) is 0 Å². The van der Waals surface area contributed by atoms with E-state index in [2.05, 4.69) is 16.8 Å². The van der Waals surface area contributed by atoms with Gasteiger partial charge in [-0.05, 0) is 31.1 Å². The van der Waals surface area contributed by atoms with Crippen LogP contribution in [0.5, 0.6) is 5.75 Å². The Bertz CT molecular complexity index is 936. The van der Waals surface area contributed by atoms with Crippen LogP contribution in [0, 0.1) is 17.0 Å². The van der Waals surface area contributed by atoms with Crippen LogP contribution < -0.4 is 9.64 Å². The maximum atomic E-state index is 12.6. The topological polar surface area (TPSA) is 88.8 Å². The number of rotatable bonds is 7. The number of carbonyl (C=O) groups is 1. The number of aryl methyl sites for hydroxylation is 1. The first-order valence-electron chi connectivity index (χ1n) is 10.0. The van der Waals surface area contributed by atoms with E-state index < -0.39 is 4.92 Å². The van der Waals surface area contributed by atoms with E-state index in [1.807, 2.05) is 31.2 Å². The number of benzene rings is 1. The van der Waals surface area contributed by atoms with Gasteiger partial charge in [0.05, 0.1) is 11.5 Å². The standard InChI is InChI=1S/C22H26N4O4/c1-3-14-30-20-7-5-4-6-18(20)8-9-21(27)24-10-12-25(13-11-24)22-17(2)15-19(16-23-22)26(28)29/h4-9,15-16H,3,10-14H2,1-2H3/b9-8+. The number of hydrogen-bond acceptors (Lipinski definition) is 6. The highest BCUT2D eigenvalue weighted by Crippen LogP contribution is 2.23. The van der Waals surface area contributed by atoms with E-state index in [-0.39, 0.29) is 11.6 Å². The Balaban J connectivity index is 1.60. The summed E-state index contributed by atoms with van der Waals surface area (Å²) in [6.07, 6.45) is 5.58. The Kier molecular flexibility index (Phi) is 7.00. The van der Waals surface area contributed by atoms with E-state index in [1.165, 1.54) is 12.3 Å². The van der Waals surface area contributed by atoms with Crippen molar-refractivity contribution in [3.8, 4) is 5.75 Å². The van der Waals surface area contributed by atoms with Crippen LogP contribution >= 0.6 is 0 Å². The lowest BCUT2D eigenvalue weighted by Gasteiger charge is -2.35. The van der Waals surface area contributed by atoms with E-state index in [4.69, 9.17) is 4.74 Å². The van der Waals surface area contributed by atoms with Crippen molar-refractivity contribution in [1.29, 1.82) is 0 Å². The van der Waals surface area contributed by atoms with Crippen LogP contribution in [0.25, 0.3) is 6.08 Å². The van der Waals surface area contributed by atoms with Crippen LogP contribution in [0.3, 0.4) is 0 Å². The van der Waals surface area contributed by atoms with Crippen molar-refractivity contribution in [1.82, 2.24) is 9.88 Å². The summed E-state index contributed by atoms with van der Waals surface area (Å²) in [7, 11) is 0. The molecule has 1 aliphatic rings. The number of carbonyl (C=O) groups excluding carboxylic acids is 1. The summed E-state index contributed by atoms with van der Waals surface area (Å²) < 4.78 is 5.73. The lowest BCUT2D eigenvalue weighted by molar-refractivity contribution is -0.385. The number of anilines is 1. The van der Waals surface area contributed by atoms with Gasteiger partial charge in [-0.1, -0.05) is 25.1 Å². The third-order valence-corrected chi connectivity index (χ3v) is 4.92. The minimum Gasteiger partial charge on any atom is -0.493 e. The van der Waals surface area contributed by atoms with Gasteiger partial charge in [0.25, 0.3) is 5.69 Å². The fraction of sp³-hybridized carbons (Fsp3) is 0.364. The molecule has 0 aliphatic carbocycles. The average molecular weight is 410 g/mol. The van der Waals surface area contributed by atoms with E-state index in [0.717, 1.165) is 29.1 Å². The van der Waals surface area contributed by atoms with Crippen LogP contribution in [0.4, 0.5) is 11.5 Å². The number of nitro groups is 1. The smallest absolute Gasteiger partial charge is 0.287 e. The first-order chi connectivity index (χ1) is 14.5. The zero-order chi connectivity index (χ0) is 21.5. The average Bonchev–Trinajstić information content (AvgIpc) is 2.76. The molecule has 1 aromatic heterocycles. The minimum atomic E-state index is -0.446. The second-order valence-electron chi connectivity index (χ2n) is 7.12. The predicted octanol–water partition coefficient (Wildman–Crippen LogP) is 3.45. The largest absolute Gasteiger partial charge is 0.493 e. The van der Waals surface area contributed by atoms with Gasteiger partial charge < -0.3 is 14.5 Å². The molecule has 2 aromatic rings. The van der Waals surface area contributed by atoms with Crippen molar-refractivity contribution < 1.29 is 14.5 Å².